The maximum absolute atomic E-state index is 12.2. The molecule has 0 bridgehead atoms. The highest BCUT2D eigenvalue weighted by molar-refractivity contribution is 6.32. The van der Waals surface area contributed by atoms with E-state index in [1.165, 1.54) is 0 Å². The van der Waals surface area contributed by atoms with Gasteiger partial charge < -0.3 is 9.64 Å². The van der Waals surface area contributed by atoms with Gasteiger partial charge >= 0.3 is 0 Å². The van der Waals surface area contributed by atoms with E-state index in [-0.39, 0.29) is 5.91 Å². The average molecular weight is 280 g/mol. The van der Waals surface area contributed by atoms with Gasteiger partial charge in [0.25, 0.3) is 5.91 Å². The number of rotatable bonds is 7. The number of hydrogen-bond donors (Lipinski definition) is 0. The number of amides is 1. The van der Waals surface area contributed by atoms with Crippen molar-refractivity contribution in [3.8, 4) is 5.75 Å². The zero-order valence-electron chi connectivity index (χ0n) is 11.0. The molecule has 0 spiro atoms. The van der Waals surface area contributed by atoms with Crippen molar-refractivity contribution in [2.75, 3.05) is 13.1 Å². The molecule has 0 N–H and O–H groups in total. The van der Waals surface area contributed by atoms with Crippen molar-refractivity contribution in [2.45, 2.75) is 13.0 Å². The molecule has 19 heavy (non-hydrogen) atoms. The van der Waals surface area contributed by atoms with Crippen molar-refractivity contribution >= 4 is 17.5 Å². The lowest BCUT2D eigenvalue weighted by Gasteiger charge is -2.24. The summed E-state index contributed by atoms with van der Waals surface area (Å²) < 4.78 is 5.59. The van der Waals surface area contributed by atoms with Crippen LogP contribution in [0.2, 0.25) is 5.02 Å². The number of halogens is 1. The lowest BCUT2D eigenvalue weighted by molar-refractivity contribution is -0.136. The van der Waals surface area contributed by atoms with E-state index in [1.54, 1.807) is 36.1 Å². The fourth-order valence-electron chi connectivity index (χ4n) is 1.60. The SMILES string of the molecule is C=CCN(CC=C)C(=O)C(C)Oc1ccccc1Cl. The van der Waals surface area contributed by atoms with E-state index in [0.717, 1.165) is 0 Å². The van der Waals surface area contributed by atoms with Crippen LogP contribution in [0, 0.1) is 0 Å². The predicted molar refractivity (Wildman–Crippen MR) is 78.5 cm³/mol. The van der Waals surface area contributed by atoms with Crippen LogP contribution in [-0.2, 0) is 4.79 Å². The van der Waals surface area contributed by atoms with Gasteiger partial charge in [0.15, 0.2) is 6.10 Å². The molecule has 0 saturated heterocycles. The van der Waals surface area contributed by atoms with Crippen LogP contribution in [-0.4, -0.2) is 30.0 Å². The Morgan fingerprint density at radius 3 is 2.47 bits per heavy atom. The molecule has 1 atom stereocenters. The van der Waals surface area contributed by atoms with E-state index in [2.05, 4.69) is 13.2 Å². The molecule has 1 unspecified atom stereocenters. The smallest absolute Gasteiger partial charge is 0.263 e. The fraction of sp³-hybridized carbons (Fsp3) is 0.267. The molecule has 1 aromatic carbocycles. The van der Waals surface area contributed by atoms with Crippen molar-refractivity contribution in [3.63, 3.8) is 0 Å². The minimum Gasteiger partial charge on any atom is -0.479 e. The quantitative estimate of drug-likeness (QED) is 0.717. The maximum Gasteiger partial charge on any atom is 0.263 e. The van der Waals surface area contributed by atoms with Crippen LogP contribution in [0.3, 0.4) is 0 Å². The minimum atomic E-state index is -0.611. The zero-order chi connectivity index (χ0) is 14.3. The van der Waals surface area contributed by atoms with Gasteiger partial charge in [-0.3, -0.25) is 4.79 Å². The number of carbonyl (C=O) groups is 1. The van der Waals surface area contributed by atoms with Crippen LogP contribution in [0.15, 0.2) is 49.6 Å². The van der Waals surface area contributed by atoms with Crippen molar-refractivity contribution < 1.29 is 9.53 Å². The van der Waals surface area contributed by atoms with Gasteiger partial charge in [0.2, 0.25) is 0 Å². The number of nitrogens with zero attached hydrogens (tertiary/aromatic N) is 1. The van der Waals surface area contributed by atoms with Crippen LogP contribution in [0.1, 0.15) is 6.92 Å². The summed E-state index contributed by atoms with van der Waals surface area (Å²) in [6, 6.07) is 7.07. The van der Waals surface area contributed by atoms with Gasteiger partial charge in [-0.05, 0) is 19.1 Å². The number of ether oxygens (including phenoxy) is 1. The Balaban J connectivity index is 2.73. The molecule has 3 nitrogen and oxygen atoms in total. The highest BCUT2D eigenvalue weighted by atomic mass is 35.5. The zero-order valence-corrected chi connectivity index (χ0v) is 11.8. The largest absolute Gasteiger partial charge is 0.479 e. The van der Waals surface area contributed by atoms with Crippen molar-refractivity contribution in [3.05, 3.63) is 54.6 Å². The molecule has 1 amide bonds. The second-order valence-corrected chi connectivity index (χ2v) is 4.42. The number of hydrogen-bond acceptors (Lipinski definition) is 2. The summed E-state index contributed by atoms with van der Waals surface area (Å²) in [6.45, 7) is 9.88. The highest BCUT2D eigenvalue weighted by Crippen LogP contribution is 2.24. The Morgan fingerprint density at radius 2 is 1.95 bits per heavy atom. The Kier molecular flexibility index (Phi) is 6.16. The lowest BCUT2D eigenvalue weighted by atomic mass is 10.3. The molecule has 1 rings (SSSR count). The molecular formula is C15H18ClNO2. The van der Waals surface area contributed by atoms with Gasteiger partial charge in [-0.15, -0.1) is 13.2 Å². The van der Waals surface area contributed by atoms with E-state index < -0.39 is 6.10 Å². The monoisotopic (exact) mass is 279 g/mol. The Morgan fingerprint density at radius 1 is 1.37 bits per heavy atom. The summed E-state index contributed by atoms with van der Waals surface area (Å²) >= 11 is 5.99. The van der Waals surface area contributed by atoms with Crippen LogP contribution in [0.25, 0.3) is 0 Å². The second-order valence-electron chi connectivity index (χ2n) is 4.01. The minimum absolute atomic E-state index is 0.125. The summed E-state index contributed by atoms with van der Waals surface area (Å²) in [6.07, 6.45) is 2.73. The lowest BCUT2D eigenvalue weighted by Crippen LogP contribution is -2.40. The molecule has 0 fully saturated rings. The van der Waals surface area contributed by atoms with Gasteiger partial charge in [0.1, 0.15) is 5.75 Å². The van der Waals surface area contributed by atoms with Crippen LogP contribution < -0.4 is 4.74 Å². The summed E-state index contributed by atoms with van der Waals surface area (Å²) in [7, 11) is 0. The Labute approximate surface area is 119 Å². The standard InChI is InChI=1S/C15H18ClNO2/c1-4-10-17(11-5-2)15(18)12(3)19-14-9-7-6-8-13(14)16/h4-9,12H,1-2,10-11H2,3H3. The summed E-state index contributed by atoms with van der Waals surface area (Å²) in [5.41, 5.74) is 0. The van der Waals surface area contributed by atoms with E-state index >= 15 is 0 Å². The molecule has 1 aromatic rings. The molecule has 0 aromatic heterocycles. The molecule has 0 radical (unpaired) electrons. The molecular weight excluding hydrogens is 262 g/mol. The molecule has 102 valence electrons. The van der Waals surface area contributed by atoms with Crippen LogP contribution in [0.5, 0.6) is 5.75 Å². The highest BCUT2D eigenvalue weighted by Gasteiger charge is 2.21. The van der Waals surface area contributed by atoms with Crippen LogP contribution in [0.4, 0.5) is 0 Å². The third kappa shape index (κ3) is 4.45. The molecule has 0 aliphatic heterocycles. The predicted octanol–water partition coefficient (Wildman–Crippen LogP) is 3.31. The fourth-order valence-corrected chi connectivity index (χ4v) is 1.78. The third-order valence-electron chi connectivity index (χ3n) is 2.50. The van der Waals surface area contributed by atoms with Gasteiger partial charge in [0.05, 0.1) is 5.02 Å². The van der Waals surface area contributed by atoms with E-state index in [1.807, 2.05) is 12.1 Å². The number of carbonyl (C=O) groups excluding carboxylic acids is 1. The molecule has 0 aliphatic carbocycles. The van der Waals surface area contributed by atoms with E-state index in [9.17, 15) is 4.79 Å². The molecule has 0 aliphatic rings. The first-order valence-electron chi connectivity index (χ1n) is 6.02. The van der Waals surface area contributed by atoms with E-state index in [4.69, 9.17) is 16.3 Å². The Bertz CT molecular complexity index is 449. The number of benzene rings is 1. The Hall–Kier alpha value is -1.74. The first-order chi connectivity index (χ1) is 9.10. The maximum atomic E-state index is 12.2. The van der Waals surface area contributed by atoms with Gasteiger partial charge in [-0.25, -0.2) is 0 Å². The van der Waals surface area contributed by atoms with Crippen molar-refractivity contribution in [2.24, 2.45) is 0 Å². The van der Waals surface area contributed by atoms with Gasteiger partial charge in [-0.1, -0.05) is 35.9 Å². The van der Waals surface area contributed by atoms with Gasteiger partial charge in [0, 0.05) is 13.1 Å². The van der Waals surface area contributed by atoms with Crippen molar-refractivity contribution in [1.29, 1.82) is 0 Å². The average Bonchev–Trinajstić information content (AvgIpc) is 2.40. The first-order valence-corrected chi connectivity index (χ1v) is 6.39. The van der Waals surface area contributed by atoms with Crippen LogP contribution >= 0.6 is 11.6 Å². The summed E-state index contributed by atoms with van der Waals surface area (Å²) in [4.78, 5) is 13.8. The third-order valence-corrected chi connectivity index (χ3v) is 2.81. The molecule has 0 saturated carbocycles. The normalized spacial score (nSPS) is 11.5. The topological polar surface area (TPSA) is 29.5 Å². The second kappa shape index (κ2) is 7.64. The molecule has 0 heterocycles. The van der Waals surface area contributed by atoms with E-state index in [0.29, 0.717) is 23.9 Å². The number of para-hydroxylation sites is 1. The van der Waals surface area contributed by atoms with Gasteiger partial charge in [-0.2, -0.15) is 0 Å². The first kappa shape index (κ1) is 15.3. The molecule has 4 heteroatoms. The summed E-state index contributed by atoms with van der Waals surface area (Å²) in [5, 5.41) is 0.487. The van der Waals surface area contributed by atoms with Crippen molar-refractivity contribution in [1.82, 2.24) is 4.90 Å². The summed E-state index contributed by atoms with van der Waals surface area (Å²) in [5.74, 6) is 0.377.